The van der Waals surface area contributed by atoms with Crippen LogP contribution in [0.15, 0.2) is 12.3 Å². The second-order valence-corrected chi connectivity index (χ2v) is 10.6. The molecule has 0 aromatic carbocycles. The van der Waals surface area contributed by atoms with Gasteiger partial charge in [-0.05, 0) is 45.6 Å². The van der Waals surface area contributed by atoms with Gasteiger partial charge in [0.05, 0.1) is 21.7 Å². The van der Waals surface area contributed by atoms with Crippen molar-refractivity contribution in [1.82, 2.24) is 19.9 Å². The highest BCUT2D eigenvalue weighted by molar-refractivity contribution is 7.21. The van der Waals surface area contributed by atoms with Gasteiger partial charge in [-0.3, -0.25) is 4.98 Å². The van der Waals surface area contributed by atoms with Crippen molar-refractivity contribution >= 4 is 33.3 Å². The number of aryl methyl sites for hydroxylation is 1. The lowest BCUT2D eigenvalue weighted by Crippen LogP contribution is -2.48. The number of hydrogen-bond donors (Lipinski definition) is 5. The third kappa shape index (κ3) is 4.60. The van der Waals surface area contributed by atoms with Crippen LogP contribution in [0.5, 0.6) is 0 Å². The van der Waals surface area contributed by atoms with E-state index >= 15 is 0 Å². The molecule has 2 saturated carbocycles. The van der Waals surface area contributed by atoms with Crippen LogP contribution in [0.4, 0.5) is 24.9 Å². The van der Waals surface area contributed by atoms with Crippen LogP contribution in [0.2, 0.25) is 0 Å². The van der Waals surface area contributed by atoms with Gasteiger partial charge < -0.3 is 26.0 Å². The molecule has 0 radical (unpaired) electrons. The van der Waals surface area contributed by atoms with Crippen LogP contribution in [0, 0.1) is 12.8 Å². The van der Waals surface area contributed by atoms with E-state index in [1.54, 1.807) is 13.1 Å². The Balaban J connectivity index is 1.60. The number of aliphatic hydroxyl groups excluding tert-OH is 2. The molecule has 3 aromatic heterocycles. The molecular weight excluding hydrogens is 497 g/mol. The summed E-state index contributed by atoms with van der Waals surface area (Å²) in [6.07, 6.45) is -1.54. The van der Waals surface area contributed by atoms with Gasteiger partial charge in [0.2, 0.25) is 5.95 Å². The zero-order chi connectivity index (χ0) is 25.8. The minimum absolute atomic E-state index is 0.0412. The van der Waals surface area contributed by atoms with E-state index in [1.165, 1.54) is 11.3 Å². The fourth-order valence-corrected chi connectivity index (χ4v) is 5.60. The summed E-state index contributed by atoms with van der Waals surface area (Å²) in [5, 5.41) is 37.0. The summed E-state index contributed by atoms with van der Waals surface area (Å²) in [6, 6.07) is -0.0589. The van der Waals surface area contributed by atoms with Crippen LogP contribution in [0.25, 0.3) is 20.8 Å². The fraction of sp³-hybridized carbons (Fsp3) is 0.565. The SMILES string of the molecule is Cc1nc(N[C@H](C)C(F)(F)F)nc(N[C@@]2(O)CC[C@H](CO)[C@H]2O)c1-c1nc2c(C3CC3)nccc2s1. The number of hydrogen-bond acceptors (Lipinski definition) is 10. The molecule has 3 heterocycles. The fourth-order valence-electron chi connectivity index (χ4n) is 4.53. The van der Waals surface area contributed by atoms with Crippen LogP contribution in [-0.4, -0.2) is 65.9 Å². The van der Waals surface area contributed by atoms with Crippen molar-refractivity contribution in [2.75, 3.05) is 17.2 Å². The number of alkyl halides is 3. The molecule has 2 fully saturated rings. The third-order valence-corrected chi connectivity index (χ3v) is 7.88. The Morgan fingerprint density at radius 2 is 1.97 bits per heavy atom. The minimum atomic E-state index is -4.52. The number of pyridine rings is 1. The Morgan fingerprint density at radius 1 is 1.22 bits per heavy atom. The number of aromatic nitrogens is 4. The van der Waals surface area contributed by atoms with Gasteiger partial charge in [-0.1, -0.05) is 0 Å². The monoisotopic (exact) mass is 524 g/mol. The minimum Gasteiger partial charge on any atom is -0.396 e. The molecular formula is C23H27F3N6O3S. The van der Waals surface area contributed by atoms with Gasteiger partial charge in [-0.2, -0.15) is 18.2 Å². The first-order valence-electron chi connectivity index (χ1n) is 11.8. The Hall–Kier alpha value is -2.61. The molecule has 0 amide bonds. The van der Waals surface area contributed by atoms with Gasteiger partial charge in [-0.25, -0.2) is 9.97 Å². The average Bonchev–Trinajstić information content (AvgIpc) is 3.49. The maximum atomic E-state index is 13.2. The van der Waals surface area contributed by atoms with Crippen LogP contribution in [0.1, 0.15) is 49.9 Å². The predicted octanol–water partition coefficient (Wildman–Crippen LogP) is 3.56. The summed E-state index contributed by atoms with van der Waals surface area (Å²) >= 11 is 1.37. The number of nitrogens with one attached hydrogen (secondary N) is 2. The van der Waals surface area contributed by atoms with Gasteiger partial charge in [-0.15, -0.1) is 11.3 Å². The van der Waals surface area contributed by atoms with E-state index in [4.69, 9.17) is 4.98 Å². The molecule has 0 saturated heterocycles. The van der Waals surface area contributed by atoms with E-state index in [0.29, 0.717) is 28.6 Å². The largest absolute Gasteiger partial charge is 0.408 e. The lowest BCUT2D eigenvalue weighted by molar-refractivity contribution is -0.138. The first-order chi connectivity index (χ1) is 17.0. The molecule has 36 heavy (non-hydrogen) atoms. The van der Waals surface area contributed by atoms with Crippen LogP contribution in [-0.2, 0) is 0 Å². The molecule has 2 aliphatic rings. The topological polar surface area (TPSA) is 136 Å². The van der Waals surface area contributed by atoms with Crippen LogP contribution < -0.4 is 10.6 Å². The van der Waals surface area contributed by atoms with Gasteiger partial charge in [0.25, 0.3) is 0 Å². The van der Waals surface area contributed by atoms with E-state index in [1.807, 2.05) is 6.07 Å². The molecule has 9 nitrogen and oxygen atoms in total. The van der Waals surface area contributed by atoms with Crippen LogP contribution >= 0.6 is 11.3 Å². The number of rotatable bonds is 7. The molecule has 0 aliphatic heterocycles. The molecule has 13 heteroatoms. The maximum Gasteiger partial charge on any atom is 0.408 e. The van der Waals surface area contributed by atoms with E-state index in [0.717, 1.165) is 35.7 Å². The van der Waals surface area contributed by atoms with E-state index in [-0.39, 0.29) is 24.8 Å². The van der Waals surface area contributed by atoms with Gasteiger partial charge in [0.15, 0.2) is 5.72 Å². The van der Waals surface area contributed by atoms with E-state index in [9.17, 15) is 28.5 Å². The molecule has 3 aromatic rings. The zero-order valence-electron chi connectivity index (χ0n) is 19.7. The number of aliphatic hydroxyl groups is 3. The van der Waals surface area contributed by atoms with E-state index < -0.39 is 30.0 Å². The van der Waals surface area contributed by atoms with Gasteiger partial charge in [0.1, 0.15) is 28.5 Å². The summed E-state index contributed by atoms with van der Waals surface area (Å²) in [5.41, 5.74) is 0.595. The molecule has 0 spiro atoms. The summed E-state index contributed by atoms with van der Waals surface area (Å²) in [6.45, 7) is 2.27. The number of halogens is 3. The smallest absolute Gasteiger partial charge is 0.396 e. The Morgan fingerprint density at radius 3 is 2.61 bits per heavy atom. The molecule has 0 unspecified atom stereocenters. The predicted molar refractivity (Wildman–Crippen MR) is 129 cm³/mol. The van der Waals surface area contributed by atoms with Gasteiger partial charge in [0, 0.05) is 24.6 Å². The molecule has 5 rings (SSSR count). The molecule has 194 valence electrons. The van der Waals surface area contributed by atoms with Crippen molar-refractivity contribution in [3.8, 4) is 10.6 Å². The molecule has 2 aliphatic carbocycles. The normalized spacial score (nSPS) is 25.3. The Kier molecular flexibility index (Phi) is 6.30. The molecule has 4 atom stereocenters. The van der Waals surface area contributed by atoms with Crippen molar-refractivity contribution < 1.29 is 28.5 Å². The first-order valence-corrected chi connectivity index (χ1v) is 12.6. The second kappa shape index (κ2) is 9.05. The van der Waals surface area contributed by atoms with Crippen molar-refractivity contribution in [1.29, 1.82) is 0 Å². The standard InChI is InChI=1S/C23H27F3N6O3S/c1-10-15(20-30-17-14(36-20)6-8-27-16(17)12-3-4-12)19(31-21(28-10)29-11(2)23(24,25)26)32-22(35)7-5-13(9-33)18(22)34/h6,8,11-13,18,33-35H,3-5,7,9H2,1-2H3,(H2,28,29,31,32)/t11-,13-,18-,22-/m1/s1. The third-order valence-electron chi connectivity index (χ3n) is 6.84. The lowest BCUT2D eigenvalue weighted by Gasteiger charge is -2.31. The quantitative estimate of drug-likeness (QED) is 0.294. The number of thiazole rings is 1. The summed E-state index contributed by atoms with van der Waals surface area (Å²) < 4.78 is 40.5. The summed E-state index contributed by atoms with van der Waals surface area (Å²) in [4.78, 5) is 17.8. The summed E-state index contributed by atoms with van der Waals surface area (Å²) in [5.74, 6) is -0.426. The number of anilines is 2. The number of nitrogens with zero attached hydrogens (tertiary/aromatic N) is 4. The highest BCUT2D eigenvalue weighted by atomic mass is 32.1. The van der Waals surface area contributed by atoms with Crippen molar-refractivity contribution in [3.05, 3.63) is 23.7 Å². The Bertz CT molecular complexity index is 1280. The second-order valence-electron chi connectivity index (χ2n) is 9.58. The van der Waals surface area contributed by atoms with Crippen molar-refractivity contribution in [2.24, 2.45) is 5.92 Å². The molecule has 5 N–H and O–H groups in total. The zero-order valence-corrected chi connectivity index (χ0v) is 20.5. The maximum absolute atomic E-state index is 13.2. The first kappa shape index (κ1) is 25.1. The average molecular weight is 525 g/mol. The highest BCUT2D eigenvalue weighted by Crippen LogP contribution is 2.45. The van der Waals surface area contributed by atoms with Crippen LogP contribution in [0.3, 0.4) is 0 Å². The van der Waals surface area contributed by atoms with E-state index in [2.05, 4.69) is 25.6 Å². The highest BCUT2D eigenvalue weighted by Gasteiger charge is 2.47. The van der Waals surface area contributed by atoms with Crippen molar-refractivity contribution in [3.63, 3.8) is 0 Å². The number of fused-ring (bicyclic) bond motifs is 1. The van der Waals surface area contributed by atoms with Gasteiger partial charge >= 0.3 is 6.18 Å². The van der Waals surface area contributed by atoms with Crippen molar-refractivity contribution in [2.45, 2.75) is 69.5 Å². The Labute approximate surface area is 208 Å². The lowest BCUT2D eigenvalue weighted by atomic mass is 10.0. The summed E-state index contributed by atoms with van der Waals surface area (Å²) in [7, 11) is 0. The molecule has 0 bridgehead atoms.